The fourth-order valence-electron chi connectivity index (χ4n) is 1.25. The highest BCUT2D eigenvalue weighted by Crippen LogP contribution is 2.09. The van der Waals surface area contributed by atoms with Crippen molar-refractivity contribution in [3.63, 3.8) is 0 Å². The maximum atomic E-state index is 10.4. The van der Waals surface area contributed by atoms with Crippen LogP contribution in [0.1, 0.15) is 19.4 Å². The Hall–Kier alpha value is -1.87. The van der Waals surface area contributed by atoms with Crippen molar-refractivity contribution in [1.29, 1.82) is 0 Å². The predicted molar refractivity (Wildman–Crippen MR) is 77.6 cm³/mol. The summed E-state index contributed by atoms with van der Waals surface area (Å²) in [5.41, 5.74) is 3.02. The average Bonchev–Trinajstić information content (AvgIpc) is 2.78. The molecule has 0 aliphatic rings. The molecule has 1 aromatic heterocycles. The third kappa shape index (κ3) is 6.01. The van der Waals surface area contributed by atoms with Crippen molar-refractivity contribution in [3.05, 3.63) is 63.9 Å². The molecule has 0 spiro atoms. The molecule has 1 heterocycles. The van der Waals surface area contributed by atoms with Crippen LogP contribution in [0.5, 0.6) is 0 Å². The van der Waals surface area contributed by atoms with E-state index in [1.807, 2.05) is 30.5 Å². The second kappa shape index (κ2) is 7.45. The van der Waals surface area contributed by atoms with Crippen molar-refractivity contribution in [2.24, 2.45) is 0 Å². The van der Waals surface area contributed by atoms with Gasteiger partial charge in [0.1, 0.15) is 0 Å². The van der Waals surface area contributed by atoms with E-state index in [1.165, 1.54) is 11.6 Å². The van der Waals surface area contributed by atoms with Gasteiger partial charge in [-0.3, -0.25) is 0 Å². The van der Waals surface area contributed by atoms with Gasteiger partial charge in [0.05, 0.1) is 0 Å². The molecule has 0 aliphatic carbocycles. The van der Waals surface area contributed by atoms with E-state index in [0.717, 1.165) is 5.57 Å². The second-order valence-corrected chi connectivity index (χ2v) is 4.67. The Labute approximate surface area is 111 Å². The minimum absolute atomic E-state index is 0.716. The van der Waals surface area contributed by atoms with Crippen LogP contribution in [0.2, 0.25) is 0 Å². The number of hydrogen-bond donors (Lipinski definition) is 1. The van der Waals surface area contributed by atoms with E-state index in [9.17, 15) is 4.79 Å². The third-order valence-electron chi connectivity index (χ3n) is 2.15. The van der Waals surface area contributed by atoms with E-state index in [2.05, 4.69) is 17.5 Å². The van der Waals surface area contributed by atoms with Gasteiger partial charge in [-0.05, 0) is 41.8 Å². The summed E-state index contributed by atoms with van der Waals surface area (Å²) in [6, 6.07) is 2.06. The molecule has 0 atom stereocenters. The Morgan fingerprint density at radius 3 is 2.67 bits per heavy atom. The molecule has 18 heavy (non-hydrogen) atoms. The molecule has 3 heteroatoms. The summed E-state index contributed by atoms with van der Waals surface area (Å²) in [6.45, 7) is 3.76. The maximum absolute atomic E-state index is 10.4. The van der Waals surface area contributed by atoms with Crippen LogP contribution >= 0.6 is 11.3 Å². The van der Waals surface area contributed by atoms with Crippen LogP contribution in [0.15, 0.2) is 58.4 Å². The summed E-state index contributed by atoms with van der Waals surface area (Å²) in [7, 11) is 0. The normalized spacial score (nSPS) is 13.7. The second-order valence-electron chi connectivity index (χ2n) is 3.89. The van der Waals surface area contributed by atoms with E-state index in [4.69, 9.17) is 5.11 Å². The van der Waals surface area contributed by atoms with Crippen molar-refractivity contribution in [3.8, 4) is 0 Å². The van der Waals surface area contributed by atoms with E-state index >= 15 is 0 Å². The summed E-state index contributed by atoms with van der Waals surface area (Å²) in [5.74, 6) is -0.921. The lowest BCUT2D eigenvalue weighted by Gasteiger charge is -1.90. The monoisotopic (exact) mass is 260 g/mol. The van der Waals surface area contributed by atoms with Crippen molar-refractivity contribution >= 4 is 23.4 Å². The third-order valence-corrected chi connectivity index (χ3v) is 2.85. The molecular formula is C15H16O2S. The number of thiophene rings is 1. The number of carboxylic acid groups (broad SMARTS) is 1. The highest BCUT2D eigenvalue weighted by atomic mass is 32.1. The van der Waals surface area contributed by atoms with E-state index in [0.29, 0.717) is 5.57 Å². The van der Waals surface area contributed by atoms with Crippen molar-refractivity contribution in [1.82, 2.24) is 0 Å². The molecule has 0 amide bonds. The molecular weight excluding hydrogens is 244 g/mol. The van der Waals surface area contributed by atoms with E-state index < -0.39 is 5.97 Å². The minimum atomic E-state index is -0.921. The average molecular weight is 260 g/mol. The molecule has 0 bridgehead atoms. The topological polar surface area (TPSA) is 37.3 Å². The lowest BCUT2D eigenvalue weighted by atomic mass is 10.2. The van der Waals surface area contributed by atoms with Gasteiger partial charge in [-0.2, -0.15) is 11.3 Å². The van der Waals surface area contributed by atoms with Crippen LogP contribution < -0.4 is 0 Å². The molecule has 0 saturated heterocycles. The minimum Gasteiger partial charge on any atom is -0.478 e. The number of aliphatic carboxylic acids is 1. The number of carboxylic acids is 1. The molecule has 2 nitrogen and oxygen atoms in total. The lowest BCUT2D eigenvalue weighted by molar-refractivity contribution is -0.131. The zero-order valence-electron chi connectivity index (χ0n) is 10.5. The summed E-state index contributed by atoms with van der Waals surface area (Å²) >= 11 is 1.67. The summed E-state index contributed by atoms with van der Waals surface area (Å²) in [5, 5.41) is 12.7. The largest absolute Gasteiger partial charge is 0.478 e. The number of carbonyl (C=O) groups is 1. The van der Waals surface area contributed by atoms with Crippen molar-refractivity contribution in [2.75, 3.05) is 0 Å². The molecule has 1 aromatic rings. The fourth-order valence-corrected chi connectivity index (χ4v) is 1.88. The first-order chi connectivity index (χ1) is 8.58. The van der Waals surface area contributed by atoms with Gasteiger partial charge in [0.25, 0.3) is 0 Å². The molecule has 1 N–H and O–H groups in total. The number of rotatable bonds is 5. The standard InChI is InChI=1S/C15H16O2S/c1-12(6-7-14-8-9-18-11-14)4-3-5-13(2)10-15(16)17/h3-11H,1-2H3,(H,16,17)/b5-3+,7-6+,12-4+,13-10+. The molecule has 0 aliphatic heterocycles. The van der Waals surface area contributed by atoms with Gasteiger partial charge in [-0.15, -0.1) is 0 Å². The van der Waals surface area contributed by atoms with Gasteiger partial charge < -0.3 is 5.11 Å². The molecule has 0 radical (unpaired) electrons. The summed E-state index contributed by atoms with van der Waals surface area (Å²) < 4.78 is 0. The molecule has 0 aromatic carbocycles. The number of hydrogen-bond acceptors (Lipinski definition) is 2. The van der Waals surface area contributed by atoms with Gasteiger partial charge in [0.2, 0.25) is 0 Å². The summed E-state index contributed by atoms with van der Waals surface area (Å²) in [4.78, 5) is 10.4. The van der Waals surface area contributed by atoms with Crippen LogP contribution in [0.3, 0.4) is 0 Å². The smallest absolute Gasteiger partial charge is 0.328 e. The first kappa shape index (κ1) is 14.2. The Balaban J connectivity index is 2.57. The van der Waals surface area contributed by atoms with E-state index in [-0.39, 0.29) is 0 Å². The molecule has 0 fully saturated rings. The van der Waals surface area contributed by atoms with Gasteiger partial charge in [-0.1, -0.05) is 36.0 Å². The lowest BCUT2D eigenvalue weighted by Crippen LogP contribution is -1.87. The van der Waals surface area contributed by atoms with Gasteiger partial charge in [0, 0.05) is 6.08 Å². The first-order valence-corrected chi connectivity index (χ1v) is 6.48. The Kier molecular flexibility index (Phi) is 5.88. The Bertz CT molecular complexity index is 503. The zero-order valence-corrected chi connectivity index (χ0v) is 11.3. The van der Waals surface area contributed by atoms with Crippen LogP contribution in [-0.4, -0.2) is 11.1 Å². The zero-order chi connectivity index (χ0) is 13.4. The quantitative estimate of drug-likeness (QED) is 0.633. The van der Waals surface area contributed by atoms with Crippen LogP contribution in [0.25, 0.3) is 6.08 Å². The van der Waals surface area contributed by atoms with Gasteiger partial charge in [0.15, 0.2) is 0 Å². The predicted octanol–water partition coefficient (Wildman–Crippen LogP) is 4.29. The van der Waals surface area contributed by atoms with Crippen LogP contribution in [-0.2, 0) is 4.79 Å². The number of allylic oxidation sites excluding steroid dienone is 6. The fraction of sp³-hybridized carbons (Fsp3) is 0.133. The van der Waals surface area contributed by atoms with Crippen LogP contribution in [0, 0.1) is 0 Å². The van der Waals surface area contributed by atoms with Crippen molar-refractivity contribution in [2.45, 2.75) is 13.8 Å². The van der Waals surface area contributed by atoms with Gasteiger partial charge in [-0.25, -0.2) is 4.79 Å². The van der Waals surface area contributed by atoms with Gasteiger partial charge >= 0.3 is 5.97 Å². The van der Waals surface area contributed by atoms with E-state index in [1.54, 1.807) is 24.3 Å². The van der Waals surface area contributed by atoms with Crippen molar-refractivity contribution < 1.29 is 9.90 Å². The SMILES string of the molecule is CC(/C=C/c1ccsc1)=C\C=C\C(C)=C\C(=O)O. The van der Waals surface area contributed by atoms with Crippen LogP contribution in [0.4, 0.5) is 0 Å². The molecule has 0 saturated carbocycles. The molecule has 1 rings (SSSR count). The summed E-state index contributed by atoms with van der Waals surface area (Å²) in [6.07, 6.45) is 10.8. The Morgan fingerprint density at radius 2 is 2.06 bits per heavy atom. The molecule has 0 unspecified atom stereocenters. The molecule has 94 valence electrons. The highest BCUT2D eigenvalue weighted by molar-refractivity contribution is 7.08. The highest BCUT2D eigenvalue weighted by Gasteiger charge is 1.88. The first-order valence-electron chi connectivity index (χ1n) is 5.54. The Morgan fingerprint density at radius 1 is 1.28 bits per heavy atom. The maximum Gasteiger partial charge on any atom is 0.328 e.